The molecular formula is C27H40ClN. The van der Waals surface area contributed by atoms with Gasteiger partial charge >= 0.3 is 0 Å². The number of rotatable bonds is 6. The van der Waals surface area contributed by atoms with E-state index >= 15 is 0 Å². The van der Waals surface area contributed by atoms with Crippen molar-refractivity contribution in [2.75, 3.05) is 6.54 Å². The van der Waals surface area contributed by atoms with E-state index in [0.29, 0.717) is 5.92 Å². The van der Waals surface area contributed by atoms with Gasteiger partial charge in [0.15, 0.2) is 0 Å². The van der Waals surface area contributed by atoms with Crippen LogP contribution < -0.4 is 5.73 Å². The molecule has 160 valence electrons. The molecule has 0 radical (unpaired) electrons. The second-order valence-corrected chi connectivity index (χ2v) is 10.8. The van der Waals surface area contributed by atoms with Crippen LogP contribution in [0.3, 0.4) is 0 Å². The van der Waals surface area contributed by atoms with Crippen LogP contribution in [0.2, 0.25) is 0 Å². The van der Waals surface area contributed by atoms with Gasteiger partial charge in [-0.1, -0.05) is 55.7 Å². The van der Waals surface area contributed by atoms with Crippen molar-refractivity contribution in [3.8, 4) is 0 Å². The predicted octanol–water partition coefficient (Wildman–Crippen LogP) is 6.90. The molecule has 1 nitrogen and oxygen atoms in total. The van der Waals surface area contributed by atoms with E-state index in [-0.39, 0.29) is 12.4 Å². The van der Waals surface area contributed by atoms with Crippen molar-refractivity contribution < 1.29 is 0 Å². The summed E-state index contributed by atoms with van der Waals surface area (Å²) < 4.78 is 0. The van der Waals surface area contributed by atoms with Crippen LogP contribution in [0.1, 0.15) is 81.3 Å². The highest BCUT2D eigenvalue weighted by molar-refractivity contribution is 5.85. The van der Waals surface area contributed by atoms with E-state index in [4.69, 9.17) is 5.73 Å². The fraction of sp³-hybridized carbons (Fsp3) is 0.704. The second kappa shape index (κ2) is 9.15. The van der Waals surface area contributed by atoms with Gasteiger partial charge in [0, 0.05) is 0 Å². The molecule has 4 bridgehead atoms. The first-order valence-corrected chi connectivity index (χ1v) is 12.2. The van der Waals surface area contributed by atoms with Gasteiger partial charge in [-0.2, -0.15) is 0 Å². The van der Waals surface area contributed by atoms with Crippen LogP contribution in [0.5, 0.6) is 0 Å². The van der Waals surface area contributed by atoms with Crippen molar-refractivity contribution in [3.63, 3.8) is 0 Å². The number of hydrogen-bond donors (Lipinski definition) is 1. The van der Waals surface area contributed by atoms with Gasteiger partial charge < -0.3 is 5.73 Å². The molecule has 0 saturated heterocycles. The Hall–Kier alpha value is -0.790. The zero-order valence-electron chi connectivity index (χ0n) is 18.0. The topological polar surface area (TPSA) is 26.0 Å². The normalized spacial score (nSPS) is 34.6. The molecule has 0 aliphatic heterocycles. The van der Waals surface area contributed by atoms with Gasteiger partial charge in [0.1, 0.15) is 0 Å². The first-order chi connectivity index (χ1) is 13.7. The van der Waals surface area contributed by atoms with Crippen LogP contribution in [-0.2, 0) is 6.42 Å². The fourth-order valence-corrected chi connectivity index (χ4v) is 7.95. The molecule has 2 heteroatoms. The average Bonchev–Trinajstić information content (AvgIpc) is 2.70. The zero-order chi connectivity index (χ0) is 19.1. The quantitative estimate of drug-likeness (QED) is 0.504. The van der Waals surface area contributed by atoms with E-state index in [2.05, 4.69) is 30.8 Å². The first kappa shape index (κ1) is 21.4. The lowest BCUT2D eigenvalue weighted by Crippen LogP contribution is -2.43. The number of hydrogen-bond acceptors (Lipinski definition) is 1. The van der Waals surface area contributed by atoms with Crippen molar-refractivity contribution in [2.45, 2.75) is 76.5 Å². The van der Waals surface area contributed by atoms with E-state index in [1.807, 2.05) is 0 Å². The van der Waals surface area contributed by atoms with E-state index < -0.39 is 0 Å². The molecule has 2 N–H and O–H groups in total. The summed E-state index contributed by atoms with van der Waals surface area (Å²) in [5.41, 5.74) is 10.6. The molecule has 0 spiro atoms. The summed E-state index contributed by atoms with van der Waals surface area (Å²) >= 11 is 0. The molecule has 1 unspecified atom stereocenters. The van der Waals surface area contributed by atoms with Crippen LogP contribution in [0.4, 0.5) is 0 Å². The Morgan fingerprint density at radius 1 is 0.897 bits per heavy atom. The molecule has 0 amide bonds. The molecule has 5 saturated carbocycles. The number of halogens is 1. The zero-order valence-corrected chi connectivity index (χ0v) is 18.8. The van der Waals surface area contributed by atoms with Gasteiger partial charge in [-0.3, -0.25) is 0 Å². The molecule has 1 aromatic rings. The summed E-state index contributed by atoms with van der Waals surface area (Å²) in [5, 5.41) is 0. The van der Waals surface area contributed by atoms with Gasteiger partial charge in [-0.15, -0.1) is 12.4 Å². The van der Waals surface area contributed by atoms with Gasteiger partial charge in [-0.25, -0.2) is 0 Å². The number of benzene rings is 1. The highest BCUT2D eigenvalue weighted by Crippen LogP contribution is 2.59. The van der Waals surface area contributed by atoms with Crippen molar-refractivity contribution in [2.24, 2.45) is 41.2 Å². The molecular weight excluding hydrogens is 374 g/mol. The molecule has 0 heterocycles. The summed E-state index contributed by atoms with van der Waals surface area (Å²) in [5.74, 6) is 6.23. The van der Waals surface area contributed by atoms with Crippen LogP contribution in [0.25, 0.3) is 0 Å². The Bertz CT molecular complexity index is 659. The standard InChI is InChI=1S/C27H39N.ClH/c1-18(26(17-28)22-5-3-2-4-6-22)11-19-7-9-23(10-8-19)27-24-13-20-12-21(15-24)16-25(27)14-20;/h7-10,20-22,24-27H,1-6,11-17,28H2;1H. The number of nitrogens with two attached hydrogens (primary N) is 1. The van der Waals surface area contributed by atoms with Crippen molar-refractivity contribution in [1.82, 2.24) is 0 Å². The van der Waals surface area contributed by atoms with E-state index in [9.17, 15) is 0 Å². The smallest absolute Gasteiger partial charge is 0.000881 e. The molecule has 29 heavy (non-hydrogen) atoms. The summed E-state index contributed by atoms with van der Waals surface area (Å²) in [6.45, 7) is 5.26. The maximum absolute atomic E-state index is 6.19. The molecule has 5 aliphatic carbocycles. The predicted molar refractivity (Wildman–Crippen MR) is 125 cm³/mol. The molecule has 5 aliphatic rings. The Kier molecular flexibility index (Phi) is 6.76. The fourth-order valence-electron chi connectivity index (χ4n) is 7.95. The molecule has 1 aromatic carbocycles. The largest absolute Gasteiger partial charge is 0.330 e. The van der Waals surface area contributed by atoms with Crippen molar-refractivity contribution in [3.05, 3.63) is 47.5 Å². The van der Waals surface area contributed by atoms with Crippen molar-refractivity contribution in [1.29, 1.82) is 0 Å². The lowest BCUT2D eigenvalue weighted by Gasteiger charge is -2.54. The minimum absolute atomic E-state index is 0. The van der Waals surface area contributed by atoms with Gasteiger partial charge in [0.05, 0.1) is 0 Å². The van der Waals surface area contributed by atoms with E-state index in [1.165, 1.54) is 68.9 Å². The summed E-state index contributed by atoms with van der Waals surface area (Å²) in [6.07, 6.45) is 15.5. The summed E-state index contributed by atoms with van der Waals surface area (Å²) in [6, 6.07) is 9.74. The third kappa shape index (κ3) is 4.33. The highest BCUT2D eigenvalue weighted by atomic mass is 35.5. The van der Waals surface area contributed by atoms with E-state index in [0.717, 1.165) is 48.5 Å². The van der Waals surface area contributed by atoms with Gasteiger partial charge in [0.2, 0.25) is 0 Å². The SMILES string of the molecule is C=C(Cc1ccc(C2C3CC4CC(C3)CC2C4)cc1)C(CN)C1CCCCC1.Cl. The third-order valence-corrected chi connectivity index (χ3v) is 9.02. The average molecular weight is 414 g/mol. The Balaban J connectivity index is 0.00000205. The minimum atomic E-state index is 0. The van der Waals surface area contributed by atoms with Crippen LogP contribution in [0, 0.1) is 35.5 Å². The molecule has 6 rings (SSSR count). The lowest BCUT2D eigenvalue weighted by molar-refractivity contribution is -0.00278. The monoisotopic (exact) mass is 413 g/mol. The lowest BCUT2D eigenvalue weighted by atomic mass is 9.51. The van der Waals surface area contributed by atoms with Crippen molar-refractivity contribution >= 4 is 12.4 Å². The summed E-state index contributed by atoms with van der Waals surface area (Å²) in [4.78, 5) is 0. The molecule has 1 atom stereocenters. The van der Waals surface area contributed by atoms with Gasteiger partial charge in [0.25, 0.3) is 0 Å². The second-order valence-electron chi connectivity index (χ2n) is 10.8. The first-order valence-electron chi connectivity index (χ1n) is 12.2. The highest BCUT2D eigenvalue weighted by Gasteiger charge is 2.48. The molecule has 5 fully saturated rings. The van der Waals surface area contributed by atoms with E-state index in [1.54, 1.807) is 12.0 Å². The van der Waals surface area contributed by atoms with Crippen LogP contribution >= 0.6 is 12.4 Å². The van der Waals surface area contributed by atoms with Crippen LogP contribution in [-0.4, -0.2) is 6.54 Å². The van der Waals surface area contributed by atoms with Gasteiger partial charge in [-0.05, 0) is 110 Å². The Morgan fingerprint density at radius 2 is 1.48 bits per heavy atom. The Labute approximate surface area is 184 Å². The summed E-state index contributed by atoms with van der Waals surface area (Å²) in [7, 11) is 0. The van der Waals surface area contributed by atoms with Crippen LogP contribution in [0.15, 0.2) is 36.4 Å². The maximum Gasteiger partial charge on any atom is -0.000881 e. The third-order valence-electron chi connectivity index (χ3n) is 9.02. The maximum atomic E-state index is 6.19. The Morgan fingerprint density at radius 3 is 2.03 bits per heavy atom. The molecule has 0 aromatic heterocycles. The minimum Gasteiger partial charge on any atom is -0.330 e.